The summed E-state index contributed by atoms with van der Waals surface area (Å²) in [5.41, 5.74) is 9.34. The van der Waals surface area contributed by atoms with Crippen LogP contribution in [0, 0.1) is 0 Å². The number of carbonyl (C=O) groups is 1. The number of rotatable bonds is 4. The Morgan fingerprint density at radius 3 is 2.77 bits per heavy atom. The topological polar surface area (TPSA) is 71.4 Å². The maximum atomic E-state index is 12.1. The first-order valence-corrected chi connectivity index (χ1v) is 8.01. The Kier molecular flexibility index (Phi) is 4.34. The Morgan fingerprint density at radius 2 is 2.09 bits per heavy atom. The quantitative estimate of drug-likeness (QED) is 0.852. The number of nitrogens with two attached hydrogens (primary N) is 1. The summed E-state index contributed by atoms with van der Waals surface area (Å²) in [4.78, 5) is 17.6. The zero-order chi connectivity index (χ0) is 15.5. The first-order chi connectivity index (χ1) is 10.7. The van der Waals surface area contributed by atoms with Crippen molar-refractivity contribution in [1.29, 1.82) is 0 Å². The van der Waals surface area contributed by atoms with Gasteiger partial charge in [-0.3, -0.25) is 0 Å². The highest BCUT2D eigenvalue weighted by Gasteiger charge is 2.19. The van der Waals surface area contributed by atoms with E-state index in [0.29, 0.717) is 18.8 Å². The van der Waals surface area contributed by atoms with Crippen LogP contribution in [0.2, 0.25) is 0 Å². The van der Waals surface area contributed by atoms with Crippen LogP contribution < -0.4 is 10.6 Å². The zero-order valence-corrected chi connectivity index (χ0v) is 13.0. The van der Waals surface area contributed by atoms with E-state index in [1.165, 1.54) is 24.9 Å². The fourth-order valence-corrected chi connectivity index (χ4v) is 3.17. The summed E-state index contributed by atoms with van der Waals surface area (Å²) in [6.45, 7) is 4.67. The number of aromatic amines is 1. The number of ether oxygens (including phenoxy) is 1. The Hall–Kier alpha value is -2.01. The molecule has 0 amide bonds. The molecule has 0 atom stereocenters. The van der Waals surface area contributed by atoms with E-state index >= 15 is 0 Å². The van der Waals surface area contributed by atoms with E-state index in [1.54, 1.807) is 6.92 Å². The summed E-state index contributed by atoms with van der Waals surface area (Å²) >= 11 is 0. The fourth-order valence-electron chi connectivity index (χ4n) is 3.17. The van der Waals surface area contributed by atoms with Crippen LogP contribution in [0.1, 0.15) is 42.2 Å². The van der Waals surface area contributed by atoms with Gasteiger partial charge < -0.3 is 20.4 Å². The number of H-pyrrole nitrogens is 1. The number of piperidine rings is 1. The molecule has 5 heteroatoms. The number of nitrogens with zero attached hydrogens (tertiary/aromatic N) is 1. The summed E-state index contributed by atoms with van der Waals surface area (Å²) in [6.07, 6.45) is 3.79. The third kappa shape index (κ3) is 2.68. The maximum absolute atomic E-state index is 12.1. The van der Waals surface area contributed by atoms with Crippen molar-refractivity contribution in [3.63, 3.8) is 0 Å². The molecular weight excluding hydrogens is 278 g/mol. The number of carbonyl (C=O) groups excluding carboxylic acids is 1. The number of hydrogen-bond acceptors (Lipinski definition) is 4. The molecule has 2 aromatic rings. The number of fused-ring (bicyclic) bond motifs is 1. The van der Waals surface area contributed by atoms with Crippen molar-refractivity contribution in [2.45, 2.75) is 32.7 Å². The van der Waals surface area contributed by atoms with Crippen LogP contribution in [0.15, 0.2) is 18.2 Å². The lowest BCUT2D eigenvalue weighted by atomic mass is 10.1. The lowest BCUT2D eigenvalue weighted by Gasteiger charge is -2.28. The molecule has 22 heavy (non-hydrogen) atoms. The molecule has 1 fully saturated rings. The van der Waals surface area contributed by atoms with E-state index in [4.69, 9.17) is 10.5 Å². The molecule has 3 rings (SSSR count). The standard InChI is InChI=1S/C17H23N3O2/c1-2-22-17(21)16-14(11-18)13-10-12(6-7-15(13)19-16)20-8-4-3-5-9-20/h6-7,10,19H,2-5,8-9,11,18H2,1H3. The average molecular weight is 301 g/mol. The van der Waals surface area contributed by atoms with Crippen LogP contribution in [-0.4, -0.2) is 30.6 Å². The first kappa shape index (κ1) is 14.9. The second-order valence-electron chi connectivity index (χ2n) is 5.68. The number of hydrogen-bond donors (Lipinski definition) is 2. The molecule has 0 bridgehead atoms. The predicted octanol–water partition coefficient (Wildman–Crippen LogP) is 2.79. The first-order valence-electron chi connectivity index (χ1n) is 8.01. The van der Waals surface area contributed by atoms with Gasteiger partial charge in [-0.05, 0) is 44.4 Å². The van der Waals surface area contributed by atoms with E-state index in [0.717, 1.165) is 29.6 Å². The van der Waals surface area contributed by atoms with Gasteiger partial charge in [-0.15, -0.1) is 0 Å². The Labute approximate surface area is 130 Å². The van der Waals surface area contributed by atoms with E-state index in [9.17, 15) is 4.79 Å². The van der Waals surface area contributed by atoms with Crippen LogP contribution in [-0.2, 0) is 11.3 Å². The van der Waals surface area contributed by atoms with E-state index < -0.39 is 0 Å². The number of anilines is 1. The van der Waals surface area contributed by atoms with Crippen LogP contribution >= 0.6 is 0 Å². The minimum atomic E-state index is -0.335. The molecule has 0 saturated carbocycles. The lowest BCUT2D eigenvalue weighted by Crippen LogP contribution is -2.29. The molecule has 118 valence electrons. The third-order valence-electron chi connectivity index (χ3n) is 4.29. The van der Waals surface area contributed by atoms with Gasteiger partial charge in [0.25, 0.3) is 0 Å². The summed E-state index contributed by atoms with van der Waals surface area (Å²) in [7, 11) is 0. The molecule has 2 heterocycles. The third-order valence-corrected chi connectivity index (χ3v) is 4.29. The van der Waals surface area contributed by atoms with Crippen LogP contribution in [0.3, 0.4) is 0 Å². The van der Waals surface area contributed by atoms with Crippen molar-refractivity contribution < 1.29 is 9.53 Å². The van der Waals surface area contributed by atoms with Gasteiger partial charge in [0, 0.05) is 41.8 Å². The van der Waals surface area contributed by atoms with E-state index in [2.05, 4.69) is 22.0 Å². The highest BCUT2D eigenvalue weighted by atomic mass is 16.5. The minimum Gasteiger partial charge on any atom is -0.461 e. The second-order valence-corrected chi connectivity index (χ2v) is 5.68. The summed E-state index contributed by atoms with van der Waals surface area (Å²) < 4.78 is 5.11. The summed E-state index contributed by atoms with van der Waals surface area (Å²) in [5.74, 6) is -0.335. The van der Waals surface area contributed by atoms with E-state index in [1.807, 2.05) is 6.07 Å². The smallest absolute Gasteiger partial charge is 0.355 e. The monoisotopic (exact) mass is 301 g/mol. The van der Waals surface area contributed by atoms with Crippen molar-refractivity contribution in [2.24, 2.45) is 5.73 Å². The summed E-state index contributed by atoms with van der Waals surface area (Å²) in [5, 5.41) is 1.02. The molecule has 5 nitrogen and oxygen atoms in total. The highest BCUT2D eigenvalue weighted by molar-refractivity contribution is 5.99. The predicted molar refractivity (Wildman–Crippen MR) is 88.2 cm³/mol. The Morgan fingerprint density at radius 1 is 1.32 bits per heavy atom. The highest BCUT2D eigenvalue weighted by Crippen LogP contribution is 2.29. The Bertz CT molecular complexity index is 672. The fraction of sp³-hybridized carbons (Fsp3) is 0.471. The second kappa shape index (κ2) is 6.40. The van der Waals surface area contributed by atoms with Gasteiger partial charge in [0.15, 0.2) is 0 Å². The number of aromatic nitrogens is 1. The van der Waals surface area contributed by atoms with Gasteiger partial charge in [-0.1, -0.05) is 0 Å². The number of benzene rings is 1. The number of nitrogens with one attached hydrogen (secondary N) is 1. The van der Waals surface area contributed by atoms with Gasteiger partial charge in [0.1, 0.15) is 5.69 Å². The van der Waals surface area contributed by atoms with Crippen LogP contribution in [0.5, 0.6) is 0 Å². The molecule has 1 aromatic carbocycles. The molecule has 0 unspecified atom stereocenters. The molecule has 3 N–H and O–H groups in total. The van der Waals surface area contributed by atoms with Gasteiger partial charge in [-0.25, -0.2) is 4.79 Å². The lowest BCUT2D eigenvalue weighted by molar-refractivity contribution is 0.0519. The van der Waals surface area contributed by atoms with Gasteiger partial charge >= 0.3 is 5.97 Å². The van der Waals surface area contributed by atoms with Crippen LogP contribution in [0.4, 0.5) is 5.69 Å². The normalized spacial score (nSPS) is 15.3. The molecule has 0 aliphatic carbocycles. The SMILES string of the molecule is CCOC(=O)c1[nH]c2ccc(N3CCCCC3)cc2c1CN. The maximum Gasteiger partial charge on any atom is 0.355 e. The molecule has 1 aromatic heterocycles. The zero-order valence-electron chi connectivity index (χ0n) is 13.0. The summed E-state index contributed by atoms with van der Waals surface area (Å²) in [6, 6.07) is 6.28. The molecule has 1 aliphatic rings. The van der Waals surface area contributed by atoms with Crippen molar-refractivity contribution in [1.82, 2.24) is 4.98 Å². The van der Waals surface area contributed by atoms with E-state index in [-0.39, 0.29) is 5.97 Å². The minimum absolute atomic E-state index is 0.317. The van der Waals surface area contributed by atoms with Gasteiger partial charge in [-0.2, -0.15) is 0 Å². The average Bonchev–Trinajstić information content (AvgIpc) is 2.93. The van der Waals surface area contributed by atoms with Gasteiger partial charge in [0.2, 0.25) is 0 Å². The molecule has 1 aliphatic heterocycles. The molecule has 1 saturated heterocycles. The Balaban J connectivity index is 2.01. The molecule has 0 spiro atoms. The van der Waals surface area contributed by atoms with Gasteiger partial charge in [0.05, 0.1) is 6.61 Å². The number of esters is 1. The van der Waals surface area contributed by atoms with Crippen molar-refractivity contribution in [2.75, 3.05) is 24.6 Å². The van der Waals surface area contributed by atoms with Crippen molar-refractivity contribution in [3.8, 4) is 0 Å². The van der Waals surface area contributed by atoms with Crippen molar-refractivity contribution in [3.05, 3.63) is 29.5 Å². The van der Waals surface area contributed by atoms with Crippen molar-refractivity contribution >= 4 is 22.6 Å². The van der Waals surface area contributed by atoms with Crippen LogP contribution in [0.25, 0.3) is 10.9 Å². The molecular formula is C17H23N3O2. The molecule has 0 radical (unpaired) electrons. The largest absolute Gasteiger partial charge is 0.461 e.